The first kappa shape index (κ1) is 21.2. The van der Waals surface area contributed by atoms with Gasteiger partial charge in [-0.25, -0.2) is 0 Å². The van der Waals surface area contributed by atoms with E-state index in [4.69, 9.17) is 0 Å². The van der Waals surface area contributed by atoms with Crippen molar-refractivity contribution in [1.82, 2.24) is 5.32 Å². The third-order valence-corrected chi connectivity index (χ3v) is 5.16. The van der Waals surface area contributed by atoms with Gasteiger partial charge in [0.1, 0.15) is 5.25 Å². The first-order valence-electron chi connectivity index (χ1n) is 9.22. The summed E-state index contributed by atoms with van der Waals surface area (Å²) in [7, 11) is 0. The van der Waals surface area contributed by atoms with Crippen molar-refractivity contribution >= 4 is 52.5 Å². The van der Waals surface area contributed by atoms with E-state index in [0.717, 1.165) is 17.3 Å². The summed E-state index contributed by atoms with van der Waals surface area (Å²) >= 11 is 1.16. The molecule has 0 aromatic heterocycles. The van der Waals surface area contributed by atoms with E-state index in [2.05, 4.69) is 20.8 Å². The molecule has 0 aliphatic carbocycles. The summed E-state index contributed by atoms with van der Waals surface area (Å²) in [5, 5.41) is 13.0. The summed E-state index contributed by atoms with van der Waals surface area (Å²) < 4.78 is 0. The van der Waals surface area contributed by atoms with Crippen LogP contribution < -0.4 is 10.6 Å². The second-order valence-electron chi connectivity index (χ2n) is 6.42. The highest BCUT2D eigenvalue weighted by atomic mass is 32.2. The van der Waals surface area contributed by atoms with Crippen molar-refractivity contribution in [1.29, 1.82) is 0 Å². The third-order valence-electron chi connectivity index (χ3n) is 4.09. The Hall–Kier alpha value is -3.52. The van der Waals surface area contributed by atoms with Crippen LogP contribution in [0.4, 0.5) is 5.69 Å². The molecular weight excluding hydrogens is 400 g/mol. The number of anilines is 1. The number of rotatable bonds is 7. The van der Waals surface area contributed by atoms with Gasteiger partial charge in [-0.15, -0.1) is 5.10 Å². The molecule has 30 heavy (non-hydrogen) atoms. The number of carbonyl (C=O) groups excluding carboxylic acids is 3. The van der Waals surface area contributed by atoms with Gasteiger partial charge in [0, 0.05) is 23.9 Å². The number of ketones is 1. The van der Waals surface area contributed by atoms with E-state index in [1.165, 1.54) is 13.1 Å². The van der Waals surface area contributed by atoms with Crippen LogP contribution in [0, 0.1) is 0 Å². The van der Waals surface area contributed by atoms with Crippen LogP contribution in [0.15, 0.2) is 70.9 Å². The SMILES string of the molecule is CC(=O)c1cccc(NC(=O)C[C@@H]2S/C(=N/N=C\C=C\c3ccccc3)NC2=O)c1. The van der Waals surface area contributed by atoms with Crippen LogP contribution in [0.25, 0.3) is 6.08 Å². The fraction of sp³-hybridized carbons (Fsp3) is 0.136. The average Bonchev–Trinajstić information content (AvgIpc) is 3.07. The summed E-state index contributed by atoms with van der Waals surface area (Å²) in [6.45, 7) is 1.46. The summed E-state index contributed by atoms with van der Waals surface area (Å²) in [5.74, 6) is -0.697. The summed E-state index contributed by atoms with van der Waals surface area (Å²) in [6.07, 6.45) is 5.14. The molecule has 1 atom stereocenters. The van der Waals surface area contributed by atoms with Crippen molar-refractivity contribution in [3.8, 4) is 0 Å². The number of amides is 2. The Morgan fingerprint density at radius 1 is 1.17 bits per heavy atom. The molecule has 2 aromatic rings. The molecule has 1 aliphatic rings. The lowest BCUT2D eigenvalue weighted by Gasteiger charge is -2.08. The van der Waals surface area contributed by atoms with Gasteiger partial charge < -0.3 is 10.6 Å². The highest BCUT2D eigenvalue weighted by molar-refractivity contribution is 8.15. The molecule has 0 spiro atoms. The van der Waals surface area contributed by atoms with Gasteiger partial charge in [0.05, 0.1) is 0 Å². The average molecular weight is 420 g/mol. The van der Waals surface area contributed by atoms with Crippen LogP contribution in [-0.2, 0) is 9.59 Å². The van der Waals surface area contributed by atoms with E-state index in [1.54, 1.807) is 30.3 Å². The zero-order valence-corrected chi connectivity index (χ0v) is 17.1. The first-order chi connectivity index (χ1) is 14.5. The van der Waals surface area contributed by atoms with Crippen molar-refractivity contribution in [2.24, 2.45) is 10.2 Å². The van der Waals surface area contributed by atoms with E-state index < -0.39 is 5.25 Å². The third kappa shape index (κ3) is 6.25. The van der Waals surface area contributed by atoms with Crippen molar-refractivity contribution in [2.45, 2.75) is 18.6 Å². The molecule has 1 heterocycles. The molecule has 8 heteroatoms. The van der Waals surface area contributed by atoms with Crippen molar-refractivity contribution in [3.63, 3.8) is 0 Å². The topological polar surface area (TPSA) is 100.0 Å². The van der Waals surface area contributed by atoms with E-state index in [-0.39, 0.29) is 24.0 Å². The molecule has 1 saturated heterocycles. The number of hydrogen-bond donors (Lipinski definition) is 2. The molecule has 2 N–H and O–H groups in total. The van der Waals surface area contributed by atoms with Gasteiger partial charge in [-0.2, -0.15) is 5.10 Å². The van der Waals surface area contributed by atoms with Gasteiger partial charge in [0.2, 0.25) is 11.8 Å². The Kier molecular flexibility index (Phi) is 7.29. The minimum atomic E-state index is -0.588. The van der Waals surface area contributed by atoms with Gasteiger partial charge in [-0.1, -0.05) is 60.3 Å². The van der Waals surface area contributed by atoms with E-state index in [0.29, 0.717) is 16.4 Å². The van der Waals surface area contributed by atoms with Crippen LogP contribution in [0.2, 0.25) is 0 Å². The maximum absolute atomic E-state index is 12.3. The largest absolute Gasteiger partial charge is 0.326 e. The maximum atomic E-state index is 12.3. The lowest BCUT2D eigenvalue weighted by Crippen LogP contribution is -2.28. The lowest BCUT2D eigenvalue weighted by atomic mass is 10.1. The molecule has 0 radical (unpaired) electrons. The molecule has 0 bridgehead atoms. The smallest absolute Gasteiger partial charge is 0.240 e. The number of allylic oxidation sites excluding steroid dienone is 1. The Morgan fingerprint density at radius 3 is 2.73 bits per heavy atom. The molecule has 2 amide bonds. The van der Waals surface area contributed by atoms with E-state index in [1.807, 2.05) is 36.4 Å². The molecule has 1 aliphatic heterocycles. The fourth-order valence-electron chi connectivity index (χ4n) is 2.63. The zero-order valence-electron chi connectivity index (χ0n) is 16.2. The van der Waals surface area contributed by atoms with Gasteiger partial charge in [-0.05, 0) is 30.7 Å². The number of amidine groups is 1. The predicted molar refractivity (Wildman–Crippen MR) is 121 cm³/mol. The standard InChI is InChI=1S/C22H20N4O3S/c1-15(27)17-10-5-11-18(13-17)24-20(28)14-19-21(29)25-22(30-19)26-23-12-6-9-16-7-3-2-4-8-16/h2-13,19H,14H2,1H3,(H,24,28)(H,25,26,29)/b9-6+,23-12-/t19-/m0/s1. The lowest BCUT2D eigenvalue weighted by molar-refractivity contribution is -0.122. The highest BCUT2D eigenvalue weighted by Crippen LogP contribution is 2.23. The van der Waals surface area contributed by atoms with Gasteiger partial charge in [0.15, 0.2) is 11.0 Å². The van der Waals surface area contributed by atoms with Crippen LogP contribution in [0.1, 0.15) is 29.3 Å². The van der Waals surface area contributed by atoms with Crippen LogP contribution in [0.3, 0.4) is 0 Å². The quantitative estimate of drug-likeness (QED) is 0.407. The summed E-state index contributed by atoms with van der Waals surface area (Å²) in [5.41, 5.74) is 2.06. The number of nitrogens with zero attached hydrogens (tertiary/aromatic N) is 2. The minimum absolute atomic E-state index is 0.0164. The number of nitrogens with one attached hydrogen (secondary N) is 2. The van der Waals surface area contributed by atoms with Crippen LogP contribution in [0.5, 0.6) is 0 Å². The van der Waals surface area contributed by atoms with E-state index >= 15 is 0 Å². The number of thioether (sulfide) groups is 1. The molecule has 3 rings (SSSR count). The summed E-state index contributed by atoms with van der Waals surface area (Å²) in [4.78, 5) is 35.8. The molecule has 0 unspecified atom stereocenters. The Balaban J connectivity index is 1.51. The molecular formula is C22H20N4O3S. The number of hydrogen-bond acceptors (Lipinski definition) is 6. The van der Waals surface area contributed by atoms with Crippen LogP contribution >= 0.6 is 11.8 Å². The number of Topliss-reactive ketones (excluding diaryl/α,β-unsaturated/α-hetero) is 1. The second kappa shape index (κ2) is 10.3. The predicted octanol–water partition coefficient (Wildman–Crippen LogP) is 3.50. The van der Waals surface area contributed by atoms with Gasteiger partial charge >= 0.3 is 0 Å². The zero-order chi connectivity index (χ0) is 21.3. The molecule has 0 saturated carbocycles. The summed E-state index contributed by atoms with van der Waals surface area (Å²) in [6, 6.07) is 16.4. The molecule has 2 aromatic carbocycles. The normalized spacial score (nSPS) is 17.6. The maximum Gasteiger partial charge on any atom is 0.240 e. The second-order valence-corrected chi connectivity index (χ2v) is 7.62. The monoisotopic (exact) mass is 420 g/mol. The Labute approximate surface area is 178 Å². The Bertz CT molecular complexity index is 1030. The minimum Gasteiger partial charge on any atom is -0.326 e. The molecule has 1 fully saturated rings. The van der Waals surface area contributed by atoms with E-state index in [9.17, 15) is 14.4 Å². The number of carbonyl (C=O) groups is 3. The van der Waals surface area contributed by atoms with Crippen LogP contribution in [-0.4, -0.2) is 34.2 Å². The van der Waals surface area contributed by atoms with Crippen molar-refractivity contribution in [2.75, 3.05) is 5.32 Å². The fourth-order valence-corrected chi connectivity index (χ4v) is 3.55. The molecule has 7 nitrogen and oxygen atoms in total. The highest BCUT2D eigenvalue weighted by Gasteiger charge is 2.32. The van der Waals surface area contributed by atoms with Crippen molar-refractivity contribution in [3.05, 3.63) is 71.8 Å². The van der Waals surface area contributed by atoms with Crippen molar-refractivity contribution < 1.29 is 14.4 Å². The number of benzene rings is 2. The Morgan fingerprint density at radius 2 is 1.97 bits per heavy atom. The molecule has 152 valence electrons. The van der Waals surface area contributed by atoms with Gasteiger partial charge in [-0.3, -0.25) is 14.4 Å². The van der Waals surface area contributed by atoms with Gasteiger partial charge in [0.25, 0.3) is 0 Å². The first-order valence-corrected chi connectivity index (χ1v) is 10.1.